The van der Waals surface area contributed by atoms with E-state index in [9.17, 15) is 0 Å². The third-order valence-corrected chi connectivity index (χ3v) is 1.73. The minimum atomic E-state index is 0. The van der Waals surface area contributed by atoms with Crippen LogP contribution >= 0.6 is 0 Å². The minimum absolute atomic E-state index is 0. The van der Waals surface area contributed by atoms with Crippen molar-refractivity contribution in [2.75, 3.05) is 0 Å². The summed E-state index contributed by atoms with van der Waals surface area (Å²) in [6.45, 7) is 0. The Morgan fingerprint density at radius 2 is 1.36 bits per heavy atom. The molecule has 0 aliphatic heterocycles. The topological polar surface area (TPSA) is 58.5 Å². The summed E-state index contributed by atoms with van der Waals surface area (Å²) in [7, 11) is 0. The molecule has 4 heteroatoms. The van der Waals surface area contributed by atoms with Crippen LogP contribution in [0, 0.1) is 0 Å². The van der Waals surface area contributed by atoms with Crippen LogP contribution in [0.15, 0.2) is 49.1 Å². The Labute approximate surface area is 92.9 Å². The van der Waals surface area contributed by atoms with Crippen molar-refractivity contribution >= 4 is 0 Å². The summed E-state index contributed by atoms with van der Waals surface area (Å²) in [5, 5.41) is 0. The maximum Gasteiger partial charge on any atom is 0.167 e. The van der Waals surface area contributed by atoms with E-state index in [1.807, 2.05) is 36.7 Å². The molecule has 0 saturated carbocycles. The van der Waals surface area contributed by atoms with Gasteiger partial charge in [0.05, 0.1) is 0 Å². The van der Waals surface area contributed by atoms with Gasteiger partial charge in [0.25, 0.3) is 0 Å². The number of aromatic nitrogens is 2. The lowest BCUT2D eigenvalue weighted by molar-refractivity contribution is -0.377. The minimum Gasteiger partial charge on any atom is -1.00 e. The predicted molar refractivity (Wildman–Crippen MR) is 49.8 cm³/mol. The van der Waals surface area contributed by atoms with Crippen molar-refractivity contribution in [2.45, 2.75) is 0 Å². The van der Waals surface area contributed by atoms with Crippen LogP contribution in [-0.4, -0.2) is 10.5 Å². The molecule has 0 atom stereocenters. The molecule has 0 unspecified atom stereocenters. The van der Waals surface area contributed by atoms with Crippen molar-refractivity contribution in [3.63, 3.8) is 0 Å². The van der Waals surface area contributed by atoms with Crippen molar-refractivity contribution in [2.24, 2.45) is 0 Å². The number of pyridine rings is 2. The Morgan fingerprint density at radius 3 is 1.93 bits per heavy atom. The van der Waals surface area contributed by atoms with Crippen LogP contribution in [-0.2, 0) is 0 Å². The first-order valence-corrected chi connectivity index (χ1v) is 3.83. The van der Waals surface area contributed by atoms with Gasteiger partial charge in [0.15, 0.2) is 12.4 Å². The zero-order valence-electron chi connectivity index (χ0n) is 7.44. The number of rotatable bonds is 1. The van der Waals surface area contributed by atoms with Gasteiger partial charge in [0.2, 0.25) is 0 Å². The van der Waals surface area contributed by atoms with Gasteiger partial charge in [-0.15, -0.1) is 0 Å². The summed E-state index contributed by atoms with van der Waals surface area (Å²) >= 11 is 0. The largest absolute Gasteiger partial charge is 1.00 e. The average Bonchev–Trinajstić information content (AvgIpc) is 2.21. The van der Waals surface area contributed by atoms with Gasteiger partial charge in [-0.05, 0) is 23.3 Å². The highest BCUT2D eigenvalue weighted by Gasteiger charge is 1.95. The monoisotopic (exact) mass is 254 g/mol. The van der Waals surface area contributed by atoms with Gasteiger partial charge >= 0.3 is 0 Å². The van der Waals surface area contributed by atoms with Crippen molar-refractivity contribution in [1.29, 1.82) is 0 Å². The Kier molecular flexibility index (Phi) is 5.67. The van der Waals surface area contributed by atoms with Gasteiger partial charge < -0.3 is 22.5 Å². The van der Waals surface area contributed by atoms with Gasteiger partial charge in [-0.1, -0.05) is 0 Å². The number of nitrogens with zero attached hydrogens (tertiary/aromatic N) is 1. The molecule has 0 amide bonds. The molecule has 2 rings (SSSR count). The lowest BCUT2D eigenvalue weighted by atomic mass is 10.1. The van der Waals surface area contributed by atoms with Crippen molar-refractivity contribution in [3.8, 4) is 11.1 Å². The first-order valence-electron chi connectivity index (χ1n) is 3.83. The Morgan fingerprint density at radius 1 is 0.857 bits per heavy atom. The Bertz CT molecular complexity index is 316. The van der Waals surface area contributed by atoms with Crippen LogP contribution in [0.3, 0.4) is 0 Å². The van der Waals surface area contributed by atoms with Gasteiger partial charge in [0, 0.05) is 24.5 Å². The molecule has 2 aromatic rings. The van der Waals surface area contributed by atoms with Crippen molar-refractivity contribution < 1.29 is 27.4 Å². The molecule has 0 spiro atoms. The Balaban J connectivity index is 0.000000845. The maximum atomic E-state index is 3.96. The number of H-pyrrole nitrogens is 1. The van der Waals surface area contributed by atoms with Crippen LogP contribution < -0.4 is 22.0 Å². The summed E-state index contributed by atoms with van der Waals surface area (Å²) in [4.78, 5) is 6.95. The molecular formula is C10H11BrN2O. The number of nitrogens with one attached hydrogen (secondary N) is 1. The normalized spacial score (nSPS) is 8.29. The first-order chi connectivity index (χ1) is 5.97. The molecule has 3 N–H and O–H groups in total. The van der Waals surface area contributed by atoms with E-state index >= 15 is 0 Å². The first kappa shape index (κ1) is 12.7. The highest BCUT2D eigenvalue weighted by atomic mass is 79.9. The lowest BCUT2D eigenvalue weighted by Gasteiger charge is -1.95. The quantitative estimate of drug-likeness (QED) is 0.567. The van der Waals surface area contributed by atoms with Crippen LogP contribution in [0.5, 0.6) is 0 Å². The molecule has 0 fully saturated rings. The molecule has 0 radical (unpaired) electrons. The van der Waals surface area contributed by atoms with Crippen LogP contribution in [0.4, 0.5) is 0 Å². The molecule has 0 bridgehead atoms. The summed E-state index contributed by atoms with van der Waals surface area (Å²) in [5.41, 5.74) is 2.40. The van der Waals surface area contributed by atoms with E-state index in [-0.39, 0.29) is 22.5 Å². The number of halogens is 1. The molecule has 0 aliphatic rings. The molecule has 0 saturated heterocycles. The second kappa shape index (κ2) is 6.23. The third kappa shape index (κ3) is 2.90. The van der Waals surface area contributed by atoms with E-state index in [0.717, 1.165) is 0 Å². The highest BCUT2D eigenvalue weighted by molar-refractivity contribution is 5.61. The van der Waals surface area contributed by atoms with Crippen LogP contribution in [0.2, 0.25) is 0 Å². The second-order valence-corrected chi connectivity index (χ2v) is 2.52. The molecule has 0 aromatic carbocycles. The molecule has 14 heavy (non-hydrogen) atoms. The average molecular weight is 255 g/mol. The summed E-state index contributed by atoms with van der Waals surface area (Å²) in [6, 6.07) is 8.06. The van der Waals surface area contributed by atoms with Gasteiger partial charge in [0.1, 0.15) is 0 Å². The van der Waals surface area contributed by atoms with Gasteiger partial charge in [-0.3, -0.25) is 4.98 Å². The van der Waals surface area contributed by atoms with E-state index in [2.05, 4.69) is 9.97 Å². The van der Waals surface area contributed by atoms with E-state index in [1.54, 1.807) is 12.4 Å². The number of hydrogen-bond acceptors (Lipinski definition) is 1. The summed E-state index contributed by atoms with van der Waals surface area (Å²) in [6.07, 6.45) is 7.42. The van der Waals surface area contributed by atoms with E-state index < -0.39 is 0 Å². The van der Waals surface area contributed by atoms with Crippen molar-refractivity contribution in [1.82, 2.24) is 4.98 Å². The summed E-state index contributed by atoms with van der Waals surface area (Å²) < 4.78 is 0. The van der Waals surface area contributed by atoms with E-state index in [0.29, 0.717) is 0 Å². The molecule has 0 aliphatic carbocycles. The molecule has 2 heterocycles. The zero-order valence-corrected chi connectivity index (χ0v) is 9.03. The van der Waals surface area contributed by atoms with Crippen molar-refractivity contribution in [3.05, 3.63) is 49.1 Å². The smallest absolute Gasteiger partial charge is 0.167 e. The van der Waals surface area contributed by atoms with Crippen LogP contribution in [0.1, 0.15) is 0 Å². The number of hydrogen-bond donors (Lipinski definition) is 0. The standard InChI is InChI=1S/C10H8N2.BrH.H2O/c1-5-11-6-2-9(1)10-3-7-12-8-4-10;;/h1-8H;1H;1H2. The fourth-order valence-electron chi connectivity index (χ4n) is 1.12. The second-order valence-electron chi connectivity index (χ2n) is 2.52. The van der Waals surface area contributed by atoms with E-state index in [4.69, 9.17) is 0 Å². The molecule has 3 nitrogen and oxygen atoms in total. The Hall–Kier alpha value is -1.26. The zero-order chi connectivity index (χ0) is 8.23. The van der Waals surface area contributed by atoms with Gasteiger partial charge in [-0.25, -0.2) is 4.98 Å². The fourth-order valence-corrected chi connectivity index (χ4v) is 1.12. The van der Waals surface area contributed by atoms with Gasteiger partial charge in [-0.2, -0.15) is 0 Å². The molecule has 74 valence electrons. The third-order valence-electron chi connectivity index (χ3n) is 1.73. The fraction of sp³-hybridized carbons (Fsp3) is 0. The maximum absolute atomic E-state index is 3.96. The van der Waals surface area contributed by atoms with Crippen LogP contribution in [0.25, 0.3) is 11.1 Å². The molecule has 2 aromatic heterocycles. The van der Waals surface area contributed by atoms with E-state index in [1.165, 1.54) is 11.1 Å². The number of aromatic amines is 1. The lowest BCUT2D eigenvalue weighted by Crippen LogP contribution is -3.00. The SMILES string of the molecule is O.[Br-].c1cc(-c2cc[nH+]cc2)ccn1. The summed E-state index contributed by atoms with van der Waals surface area (Å²) in [5.74, 6) is 0. The highest BCUT2D eigenvalue weighted by Crippen LogP contribution is 2.14. The molecular weight excluding hydrogens is 244 g/mol. The predicted octanol–water partition coefficient (Wildman–Crippen LogP) is -2.26.